The molecule has 0 saturated carbocycles. The summed E-state index contributed by atoms with van der Waals surface area (Å²) in [5.74, 6) is 0.419. The number of halogens is 1. The van der Waals surface area contributed by atoms with Crippen molar-refractivity contribution in [3.05, 3.63) is 53.2 Å². The highest BCUT2D eigenvalue weighted by atomic mass is 79.9. The standard InChI is InChI=1S/C14H11BrN4O2/c1-19-8-16-18-13(19)9-4-2-3-5-11(9)17-14(20)10-6-7-21-12(10)15/h2-8H,1H3,(H,17,20). The van der Waals surface area contributed by atoms with E-state index in [-0.39, 0.29) is 5.91 Å². The summed E-state index contributed by atoms with van der Waals surface area (Å²) in [7, 11) is 1.85. The van der Waals surface area contributed by atoms with Gasteiger partial charge in [-0.05, 0) is 34.1 Å². The highest BCUT2D eigenvalue weighted by Crippen LogP contribution is 2.27. The molecular formula is C14H11BrN4O2. The second-order valence-electron chi connectivity index (χ2n) is 4.37. The van der Waals surface area contributed by atoms with Gasteiger partial charge in [-0.25, -0.2) is 0 Å². The van der Waals surface area contributed by atoms with Gasteiger partial charge in [-0.1, -0.05) is 12.1 Å². The average Bonchev–Trinajstić information content (AvgIpc) is 3.08. The molecule has 3 rings (SSSR count). The van der Waals surface area contributed by atoms with E-state index >= 15 is 0 Å². The Kier molecular flexibility index (Phi) is 3.57. The van der Waals surface area contributed by atoms with Gasteiger partial charge in [0.2, 0.25) is 0 Å². The molecule has 0 atom stereocenters. The number of carbonyl (C=O) groups excluding carboxylic acids is 1. The molecule has 21 heavy (non-hydrogen) atoms. The van der Waals surface area contributed by atoms with Gasteiger partial charge < -0.3 is 14.3 Å². The monoisotopic (exact) mass is 346 g/mol. The summed E-state index contributed by atoms with van der Waals surface area (Å²) in [4.78, 5) is 12.3. The van der Waals surface area contributed by atoms with Crippen LogP contribution >= 0.6 is 15.9 Å². The predicted octanol–water partition coefficient (Wildman–Crippen LogP) is 3.09. The third-order valence-corrected chi connectivity index (χ3v) is 3.60. The molecule has 6 nitrogen and oxygen atoms in total. The molecule has 0 saturated heterocycles. The van der Waals surface area contributed by atoms with E-state index in [2.05, 4.69) is 31.4 Å². The average molecular weight is 347 g/mol. The van der Waals surface area contributed by atoms with Crippen molar-refractivity contribution in [2.24, 2.45) is 7.05 Å². The molecule has 1 amide bonds. The predicted molar refractivity (Wildman–Crippen MR) is 80.8 cm³/mol. The maximum atomic E-state index is 12.3. The molecule has 2 aromatic heterocycles. The summed E-state index contributed by atoms with van der Waals surface area (Å²) in [6.07, 6.45) is 3.06. The largest absolute Gasteiger partial charge is 0.457 e. The number of benzene rings is 1. The van der Waals surface area contributed by atoms with Crippen LogP contribution in [0.15, 0.2) is 52.0 Å². The van der Waals surface area contributed by atoms with E-state index in [9.17, 15) is 4.79 Å². The van der Waals surface area contributed by atoms with E-state index in [0.717, 1.165) is 5.56 Å². The lowest BCUT2D eigenvalue weighted by Gasteiger charge is -2.09. The van der Waals surface area contributed by atoms with Crippen molar-refractivity contribution in [2.75, 3.05) is 5.32 Å². The number of carbonyl (C=O) groups is 1. The van der Waals surface area contributed by atoms with Crippen LogP contribution in [0.1, 0.15) is 10.4 Å². The summed E-state index contributed by atoms with van der Waals surface area (Å²) in [6, 6.07) is 9.03. The molecule has 7 heteroatoms. The molecule has 3 aromatic rings. The zero-order valence-corrected chi connectivity index (χ0v) is 12.7. The van der Waals surface area contributed by atoms with Crippen LogP contribution in [0.4, 0.5) is 5.69 Å². The van der Waals surface area contributed by atoms with E-state index in [1.807, 2.05) is 31.3 Å². The maximum Gasteiger partial charge on any atom is 0.260 e. The van der Waals surface area contributed by atoms with Crippen LogP contribution in [0.5, 0.6) is 0 Å². The Morgan fingerprint density at radius 1 is 1.33 bits per heavy atom. The molecule has 0 unspecified atom stereocenters. The number of furan rings is 1. The number of nitrogens with one attached hydrogen (secondary N) is 1. The number of amides is 1. The molecule has 1 N–H and O–H groups in total. The molecule has 0 fully saturated rings. The normalized spacial score (nSPS) is 10.6. The van der Waals surface area contributed by atoms with Crippen molar-refractivity contribution in [1.29, 1.82) is 0 Å². The first-order valence-electron chi connectivity index (χ1n) is 6.14. The van der Waals surface area contributed by atoms with Crippen molar-refractivity contribution in [3.63, 3.8) is 0 Å². The van der Waals surface area contributed by atoms with Gasteiger partial charge in [0.05, 0.1) is 17.5 Å². The highest BCUT2D eigenvalue weighted by Gasteiger charge is 2.16. The zero-order valence-electron chi connectivity index (χ0n) is 11.1. The first kappa shape index (κ1) is 13.6. The van der Waals surface area contributed by atoms with Crippen LogP contribution < -0.4 is 5.32 Å². The summed E-state index contributed by atoms with van der Waals surface area (Å²) in [5, 5.41) is 10.8. The van der Waals surface area contributed by atoms with Gasteiger partial charge in [0.1, 0.15) is 6.33 Å². The Hall–Kier alpha value is -2.41. The molecule has 0 spiro atoms. The smallest absolute Gasteiger partial charge is 0.260 e. The molecule has 106 valence electrons. The Bertz CT molecular complexity index is 794. The van der Waals surface area contributed by atoms with Gasteiger partial charge >= 0.3 is 0 Å². The number of para-hydroxylation sites is 1. The number of hydrogen-bond acceptors (Lipinski definition) is 4. The zero-order chi connectivity index (χ0) is 14.8. The summed E-state index contributed by atoms with van der Waals surface area (Å²) in [6.45, 7) is 0. The topological polar surface area (TPSA) is 73.0 Å². The van der Waals surface area contributed by atoms with Crippen LogP contribution in [-0.2, 0) is 7.05 Å². The van der Waals surface area contributed by atoms with Crippen molar-refractivity contribution in [2.45, 2.75) is 0 Å². The first-order chi connectivity index (χ1) is 10.2. The van der Waals surface area contributed by atoms with E-state index in [4.69, 9.17) is 4.42 Å². The third kappa shape index (κ3) is 2.59. The molecule has 1 aromatic carbocycles. The Balaban J connectivity index is 1.95. The van der Waals surface area contributed by atoms with E-state index in [0.29, 0.717) is 21.7 Å². The van der Waals surface area contributed by atoms with Gasteiger partial charge in [-0.3, -0.25) is 4.79 Å². The second-order valence-corrected chi connectivity index (χ2v) is 5.09. The van der Waals surface area contributed by atoms with Crippen LogP contribution in [-0.4, -0.2) is 20.7 Å². The Morgan fingerprint density at radius 2 is 2.14 bits per heavy atom. The minimum atomic E-state index is -0.259. The molecule has 0 aliphatic rings. The van der Waals surface area contributed by atoms with E-state index in [1.165, 1.54) is 6.26 Å². The van der Waals surface area contributed by atoms with Crippen molar-refractivity contribution in [1.82, 2.24) is 14.8 Å². The lowest BCUT2D eigenvalue weighted by Crippen LogP contribution is -2.12. The summed E-state index contributed by atoms with van der Waals surface area (Å²) < 4.78 is 7.26. The number of hydrogen-bond donors (Lipinski definition) is 1. The van der Waals surface area contributed by atoms with Gasteiger partial charge in [0.15, 0.2) is 10.5 Å². The number of aryl methyl sites for hydroxylation is 1. The fourth-order valence-corrected chi connectivity index (χ4v) is 2.38. The molecule has 2 heterocycles. The second kappa shape index (κ2) is 5.53. The molecular weight excluding hydrogens is 336 g/mol. The summed E-state index contributed by atoms with van der Waals surface area (Å²) in [5.41, 5.74) is 1.89. The van der Waals surface area contributed by atoms with Crippen molar-refractivity contribution in [3.8, 4) is 11.4 Å². The lowest BCUT2D eigenvalue weighted by molar-refractivity contribution is 0.102. The maximum absolute atomic E-state index is 12.3. The van der Waals surface area contributed by atoms with Gasteiger partial charge in [-0.2, -0.15) is 0 Å². The number of rotatable bonds is 3. The van der Waals surface area contributed by atoms with Gasteiger partial charge in [0, 0.05) is 12.6 Å². The molecule has 0 aliphatic heterocycles. The number of anilines is 1. The van der Waals surface area contributed by atoms with Gasteiger partial charge in [0.25, 0.3) is 5.91 Å². The lowest BCUT2D eigenvalue weighted by atomic mass is 10.1. The SMILES string of the molecule is Cn1cnnc1-c1ccccc1NC(=O)c1ccoc1Br. The molecule has 0 bridgehead atoms. The molecule has 0 radical (unpaired) electrons. The van der Waals surface area contributed by atoms with Crippen LogP contribution in [0.25, 0.3) is 11.4 Å². The van der Waals surface area contributed by atoms with E-state index < -0.39 is 0 Å². The van der Waals surface area contributed by atoms with E-state index in [1.54, 1.807) is 17.0 Å². The van der Waals surface area contributed by atoms with Gasteiger partial charge in [-0.15, -0.1) is 10.2 Å². The first-order valence-corrected chi connectivity index (χ1v) is 6.94. The van der Waals surface area contributed by atoms with Crippen LogP contribution in [0.2, 0.25) is 0 Å². The number of aromatic nitrogens is 3. The Labute approximate surface area is 128 Å². The van der Waals surface area contributed by atoms with Crippen molar-refractivity contribution < 1.29 is 9.21 Å². The quantitative estimate of drug-likeness (QED) is 0.790. The van der Waals surface area contributed by atoms with Crippen LogP contribution in [0.3, 0.4) is 0 Å². The van der Waals surface area contributed by atoms with Crippen LogP contribution in [0, 0.1) is 0 Å². The minimum Gasteiger partial charge on any atom is -0.457 e. The fraction of sp³-hybridized carbons (Fsp3) is 0.0714. The third-order valence-electron chi connectivity index (χ3n) is 2.99. The van der Waals surface area contributed by atoms with Crippen molar-refractivity contribution >= 4 is 27.5 Å². The summed E-state index contributed by atoms with van der Waals surface area (Å²) >= 11 is 3.20. The number of nitrogens with zero attached hydrogens (tertiary/aromatic N) is 3. The highest BCUT2D eigenvalue weighted by molar-refractivity contribution is 9.10. The minimum absolute atomic E-state index is 0.259. The fourth-order valence-electron chi connectivity index (χ4n) is 1.96. The Morgan fingerprint density at radius 3 is 2.81 bits per heavy atom. The molecule has 0 aliphatic carbocycles.